The quantitative estimate of drug-likeness (QED) is 0.721. The third-order valence-corrected chi connectivity index (χ3v) is 7.04. The number of hydrogen-bond acceptors (Lipinski definition) is 4. The molecular weight excluding hydrogens is 395 g/mol. The fraction of sp³-hybridized carbons (Fsp3) is 0.381. The molecule has 1 fully saturated rings. The molecule has 0 bridgehead atoms. The van der Waals surface area contributed by atoms with Crippen LogP contribution in [0.25, 0.3) is 0 Å². The van der Waals surface area contributed by atoms with E-state index >= 15 is 0 Å². The summed E-state index contributed by atoms with van der Waals surface area (Å²) in [6.45, 7) is 0.846. The fourth-order valence-electron chi connectivity index (χ4n) is 3.60. The molecule has 0 N–H and O–H groups in total. The lowest BCUT2D eigenvalue weighted by molar-refractivity contribution is -0.135. The first-order valence-electron chi connectivity index (χ1n) is 9.45. The van der Waals surface area contributed by atoms with Crippen LogP contribution < -0.4 is 4.74 Å². The van der Waals surface area contributed by atoms with E-state index < -0.39 is 21.8 Å². The van der Waals surface area contributed by atoms with Crippen LogP contribution in [-0.4, -0.2) is 50.8 Å². The zero-order chi connectivity index (χ0) is 21.0. The number of halogens is 1. The van der Waals surface area contributed by atoms with Crippen molar-refractivity contribution in [2.75, 3.05) is 27.2 Å². The first-order valence-corrected chi connectivity index (χ1v) is 10.9. The Kier molecular flexibility index (Phi) is 6.54. The first-order chi connectivity index (χ1) is 13.8. The second-order valence-corrected chi connectivity index (χ2v) is 9.10. The van der Waals surface area contributed by atoms with Crippen molar-refractivity contribution in [3.05, 3.63) is 59.9 Å². The molecule has 6 nitrogen and oxygen atoms in total. The third kappa shape index (κ3) is 4.76. The van der Waals surface area contributed by atoms with Gasteiger partial charge in [-0.25, -0.2) is 12.8 Å². The van der Waals surface area contributed by atoms with E-state index in [1.807, 2.05) is 24.3 Å². The average molecular weight is 421 g/mol. The number of methoxy groups -OCH3 is 1. The minimum absolute atomic E-state index is 0.0365. The fourth-order valence-corrected chi connectivity index (χ4v) is 5.12. The van der Waals surface area contributed by atoms with Crippen LogP contribution in [0.15, 0.2) is 53.4 Å². The van der Waals surface area contributed by atoms with Crippen molar-refractivity contribution in [2.45, 2.75) is 24.3 Å². The van der Waals surface area contributed by atoms with E-state index in [4.69, 9.17) is 4.74 Å². The van der Waals surface area contributed by atoms with Gasteiger partial charge in [0.2, 0.25) is 15.9 Å². The van der Waals surface area contributed by atoms with Crippen molar-refractivity contribution in [2.24, 2.45) is 5.92 Å². The number of amides is 1. The minimum atomic E-state index is -3.76. The summed E-state index contributed by atoms with van der Waals surface area (Å²) in [5, 5.41) is 0. The van der Waals surface area contributed by atoms with Gasteiger partial charge in [-0.3, -0.25) is 4.79 Å². The Labute approximate surface area is 170 Å². The number of carbonyl (C=O) groups excluding carboxylic acids is 1. The van der Waals surface area contributed by atoms with Crippen LogP contribution in [0.2, 0.25) is 0 Å². The van der Waals surface area contributed by atoms with E-state index in [0.29, 0.717) is 31.7 Å². The molecular formula is C21H25FN2O4S. The molecule has 0 saturated carbocycles. The van der Waals surface area contributed by atoms with Gasteiger partial charge < -0.3 is 9.64 Å². The van der Waals surface area contributed by atoms with Gasteiger partial charge >= 0.3 is 0 Å². The number of piperidine rings is 1. The molecule has 1 unspecified atom stereocenters. The Hall–Kier alpha value is -2.45. The summed E-state index contributed by atoms with van der Waals surface area (Å²) in [6, 6.07) is 12.2. The summed E-state index contributed by atoms with van der Waals surface area (Å²) in [7, 11) is -0.471. The van der Waals surface area contributed by atoms with Gasteiger partial charge in [-0.1, -0.05) is 18.2 Å². The number of ether oxygens (including phenoxy) is 1. The van der Waals surface area contributed by atoms with Crippen LogP contribution in [0, 0.1) is 11.7 Å². The molecule has 0 aliphatic carbocycles. The maximum absolute atomic E-state index is 13.1. The number of hydrogen-bond donors (Lipinski definition) is 0. The molecule has 1 aliphatic rings. The van der Waals surface area contributed by atoms with Gasteiger partial charge in [0, 0.05) is 32.2 Å². The van der Waals surface area contributed by atoms with Crippen molar-refractivity contribution >= 4 is 15.9 Å². The molecule has 1 saturated heterocycles. The smallest absolute Gasteiger partial charge is 0.243 e. The first kappa shape index (κ1) is 21.3. The summed E-state index contributed by atoms with van der Waals surface area (Å²) >= 11 is 0. The van der Waals surface area contributed by atoms with E-state index in [2.05, 4.69) is 0 Å². The van der Waals surface area contributed by atoms with E-state index in [0.717, 1.165) is 17.7 Å². The number of sulfonamides is 1. The molecule has 1 amide bonds. The molecule has 0 radical (unpaired) electrons. The van der Waals surface area contributed by atoms with Gasteiger partial charge in [-0.2, -0.15) is 4.31 Å². The van der Waals surface area contributed by atoms with Crippen molar-refractivity contribution in [1.29, 1.82) is 0 Å². The van der Waals surface area contributed by atoms with Crippen LogP contribution in [0.4, 0.5) is 4.39 Å². The van der Waals surface area contributed by atoms with Crippen LogP contribution in [0.1, 0.15) is 18.4 Å². The molecule has 0 aromatic heterocycles. The molecule has 1 heterocycles. The number of rotatable bonds is 6. The predicted octanol–water partition coefficient (Wildman–Crippen LogP) is 2.89. The van der Waals surface area contributed by atoms with Crippen LogP contribution >= 0.6 is 0 Å². The molecule has 0 spiro atoms. The number of para-hydroxylation sites is 1. The molecule has 2 aromatic carbocycles. The van der Waals surface area contributed by atoms with E-state index in [1.54, 1.807) is 19.1 Å². The Morgan fingerprint density at radius 1 is 1.21 bits per heavy atom. The molecule has 1 aliphatic heterocycles. The maximum Gasteiger partial charge on any atom is 0.243 e. The van der Waals surface area contributed by atoms with Gasteiger partial charge in [-0.15, -0.1) is 0 Å². The molecule has 2 aromatic rings. The Morgan fingerprint density at radius 3 is 2.59 bits per heavy atom. The van der Waals surface area contributed by atoms with Crippen molar-refractivity contribution in [3.63, 3.8) is 0 Å². The van der Waals surface area contributed by atoms with Gasteiger partial charge in [0.05, 0.1) is 17.9 Å². The molecule has 1 atom stereocenters. The van der Waals surface area contributed by atoms with Crippen molar-refractivity contribution in [3.8, 4) is 5.75 Å². The molecule has 29 heavy (non-hydrogen) atoms. The highest BCUT2D eigenvalue weighted by atomic mass is 32.2. The minimum Gasteiger partial charge on any atom is -0.496 e. The number of carbonyl (C=O) groups is 1. The Balaban J connectivity index is 1.71. The normalized spacial score (nSPS) is 17.7. The molecule has 156 valence electrons. The summed E-state index contributed by atoms with van der Waals surface area (Å²) in [5.41, 5.74) is 0.887. The highest BCUT2D eigenvalue weighted by Crippen LogP contribution is 2.26. The van der Waals surface area contributed by atoms with Gasteiger partial charge in [0.15, 0.2) is 0 Å². The van der Waals surface area contributed by atoms with E-state index in [9.17, 15) is 17.6 Å². The predicted molar refractivity (Wildman–Crippen MR) is 107 cm³/mol. The van der Waals surface area contributed by atoms with Crippen LogP contribution in [-0.2, 0) is 21.4 Å². The highest BCUT2D eigenvalue weighted by molar-refractivity contribution is 7.89. The lowest BCUT2D eigenvalue weighted by Gasteiger charge is -2.33. The lowest BCUT2D eigenvalue weighted by Crippen LogP contribution is -2.45. The molecule has 8 heteroatoms. The van der Waals surface area contributed by atoms with Gasteiger partial charge in [0.25, 0.3) is 0 Å². The monoisotopic (exact) mass is 420 g/mol. The number of benzene rings is 2. The Bertz CT molecular complexity index is 963. The summed E-state index contributed by atoms with van der Waals surface area (Å²) in [6.07, 6.45) is 1.23. The summed E-state index contributed by atoms with van der Waals surface area (Å²) in [4.78, 5) is 14.6. The third-order valence-electron chi connectivity index (χ3n) is 5.16. The lowest BCUT2D eigenvalue weighted by atomic mass is 9.98. The zero-order valence-electron chi connectivity index (χ0n) is 16.5. The Morgan fingerprint density at radius 2 is 1.90 bits per heavy atom. The second kappa shape index (κ2) is 8.92. The number of nitrogens with zero attached hydrogens (tertiary/aromatic N) is 2. The van der Waals surface area contributed by atoms with Crippen molar-refractivity contribution in [1.82, 2.24) is 9.21 Å². The highest BCUT2D eigenvalue weighted by Gasteiger charge is 2.34. The van der Waals surface area contributed by atoms with Gasteiger partial charge in [0.1, 0.15) is 11.6 Å². The zero-order valence-corrected chi connectivity index (χ0v) is 17.4. The summed E-state index contributed by atoms with van der Waals surface area (Å²) in [5.74, 6) is -0.307. The molecule has 3 rings (SSSR count). The van der Waals surface area contributed by atoms with Crippen LogP contribution in [0.5, 0.6) is 5.75 Å². The van der Waals surface area contributed by atoms with E-state index in [1.165, 1.54) is 16.4 Å². The standard InChI is InChI=1S/C21H25FN2O4S/c1-23(14-16-6-3-4-8-20(16)28-2)21(25)17-7-5-13-24(15-17)29(26,27)19-11-9-18(22)10-12-19/h3-4,6,8-12,17H,5,7,13-15H2,1-2H3. The van der Waals surface area contributed by atoms with Crippen molar-refractivity contribution < 1.29 is 22.3 Å². The SMILES string of the molecule is COc1ccccc1CN(C)C(=O)C1CCCN(S(=O)(=O)c2ccc(F)cc2)C1. The second-order valence-electron chi connectivity index (χ2n) is 7.16. The summed E-state index contributed by atoms with van der Waals surface area (Å²) < 4.78 is 45.5. The van der Waals surface area contributed by atoms with Gasteiger partial charge in [-0.05, 0) is 43.2 Å². The van der Waals surface area contributed by atoms with E-state index in [-0.39, 0.29) is 17.3 Å². The topological polar surface area (TPSA) is 66.9 Å². The maximum atomic E-state index is 13.1. The average Bonchev–Trinajstić information content (AvgIpc) is 2.74. The largest absolute Gasteiger partial charge is 0.496 e. The van der Waals surface area contributed by atoms with Crippen LogP contribution in [0.3, 0.4) is 0 Å².